The third kappa shape index (κ3) is 34.4. The Bertz CT molecular complexity index is 936. The SMILES string of the molecule is CCCCCCC/C=C\C/C=C\CCCCCCCCCCCC(=O)OC(CCCCCC)CCCCCCC(=O)NCC(=O)NC(CO)C(=O)O. The molecule has 0 bridgehead atoms. The number of hydrogen-bond acceptors (Lipinski definition) is 6. The predicted molar refractivity (Wildman–Crippen MR) is 213 cm³/mol. The molecule has 0 fully saturated rings. The molecule has 2 atom stereocenters. The van der Waals surface area contributed by atoms with Gasteiger partial charge in [0, 0.05) is 12.8 Å². The van der Waals surface area contributed by atoms with Crippen molar-refractivity contribution >= 4 is 23.8 Å². The van der Waals surface area contributed by atoms with Crippen molar-refractivity contribution in [2.24, 2.45) is 0 Å². The fourth-order valence-corrected chi connectivity index (χ4v) is 6.16. The third-order valence-corrected chi connectivity index (χ3v) is 9.45. The minimum Gasteiger partial charge on any atom is -0.480 e. The van der Waals surface area contributed by atoms with Crippen LogP contribution in [0.25, 0.3) is 0 Å². The molecule has 302 valence electrons. The minimum atomic E-state index is -1.38. The quantitative estimate of drug-likeness (QED) is 0.0281. The van der Waals surface area contributed by atoms with E-state index in [0.717, 1.165) is 64.2 Å². The molecule has 0 saturated carbocycles. The van der Waals surface area contributed by atoms with Crippen molar-refractivity contribution in [3.63, 3.8) is 0 Å². The van der Waals surface area contributed by atoms with Gasteiger partial charge in [0.25, 0.3) is 0 Å². The van der Waals surface area contributed by atoms with E-state index < -0.39 is 24.5 Å². The summed E-state index contributed by atoms with van der Waals surface area (Å²) in [7, 11) is 0. The van der Waals surface area contributed by atoms with Crippen LogP contribution in [-0.2, 0) is 23.9 Å². The van der Waals surface area contributed by atoms with Crippen molar-refractivity contribution in [3.8, 4) is 0 Å². The lowest BCUT2D eigenvalue weighted by Crippen LogP contribution is -2.47. The van der Waals surface area contributed by atoms with Gasteiger partial charge in [-0.1, -0.05) is 141 Å². The Balaban J connectivity index is 3.93. The van der Waals surface area contributed by atoms with Crippen molar-refractivity contribution in [2.45, 2.75) is 212 Å². The average Bonchev–Trinajstić information content (AvgIpc) is 3.13. The summed E-state index contributed by atoms with van der Waals surface area (Å²) in [6.45, 7) is 3.41. The van der Waals surface area contributed by atoms with E-state index in [2.05, 4.69) is 48.8 Å². The van der Waals surface area contributed by atoms with E-state index >= 15 is 0 Å². The van der Waals surface area contributed by atoms with Crippen LogP contribution in [-0.4, -0.2) is 59.3 Å². The molecule has 0 radical (unpaired) electrons. The zero-order chi connectivity index (χ0) is 38.3. The van der Waals surface area contributed by atoms with E-state index in [1.165, 1.54) is 103 Å². The van der Waals surface area contributed by atoms with Crippen LogP contribution >= 0.6 is 0 Å². The molecule has 0 spiro atoms. The molecule has 4 N–H and O–H groups in total. The number of aliphatic hydroxyl groups excluding tert-OH is 1. The molecule has 2 unspecified atom stereocenters. The molecule has 52 heavy (non-hydrogen) atoms. The van der Waals surface area contributed by atoms with Crippen LogP contribution < -0.4 is 10.6 Å². The summed E-state index contributed by atoms with van der Waals surface area (Å²) in [4.78, 5) is 47.3. The number of esters is 1. The highest BCUT2D eigenvalue weighted by Gasteiger charge is 2.19. The van der Waals surface area contributed by atoms with Gasteiger partial charge in [-0.25, -0.2) is 4.79 Å². The lowest BCUT2D eigenvalue weighted by atomic mass is 10.0. The van der Waals surface area contributed by atoms with E-state index in [4.69, 9.17) is 14.9 Å². The van der Waals surface area contributed by atoms with E-state index in [-0.39, 0.29) is 30.9 Å². The van der Waals surface area contributed by atoms with E-state index in [9.17, 15) is 19.2 Å². The van der Waals surface area contributed by atoms with Gasteiger partial charge >= 0.3 is 11.9 Å². The van der Waals surface area contributed by atoms with Gasteiger partial charge < -0.3 is 25.6 Å². The zero-order valence-electron chi connectivity index (χ0n) is 33.3. The molecule has 0 aliphatic carbocycles. The summed E-state index contributed by atoms with van der Waals surface area (Å²) < 4.78 is 5.92. The minimum absolute atomic E-state index is 0.0399. The normalized spacial score (nSPS) is 12.7. The number of carboxylic acid groups (broad SMARTS) is 1. The van der Waals surface area contributed by atoms with Crippen molar-refractivity contribution in [3.05, 3.63) is 24.3 Å². The number of allylic oxidation sites excluding steroid dienone is 4. The first kappa shape index (κ1) is 49.3. The molecule has 0 saturated heterocycles. The van der Waals surface area contributed by atoms with E-state index in [1.54, 1.807) is 0 Å². The first-order chi connectivity index (χ1) is 25.3. The highest BCUT2D eigenvalue weighted by Crippen LogP contribution is 2.18. The number of carbonyl (C=O) groups is 4. The summed E-state index contributed by atoms with van der Waals surface area (Å²) in [5, 5.41) is 22.5. The summed E-state index contributed by atoms with van der Waals surface area (Å²) in [5.74, 6) is -2.34. The van der Waals surface area contributed by atoms with Crippen LogP contribution in [0, 0.1) is 0 Å². The van der Waals surface area contributed by atoms with Gasteiger partial charge in [0.2, 0.25) is 11.8 Å². The van der Waals surface area contributed by atoms with Crippen LogP contribution in [0.3, 0.4) is 0 Å². The summed E-state index contributed by atoms with van der Waals surface area (Å²) >= 11 is 0. The number of aliphatic carboxylic acids is 1. The zero-order valence-corrected chi connectivity index (χ0v) is 33.3. The predicted octanol–water partition coefficient (Wildman–Crippen LogP) is 10.0. The fourth-order valence-electron chi connectivity index (χ4n) is 6.16. The Kier molecular flexibility index (Phi) is 36.1. The largest absolute Gasteiger partial charge is 0.480 e. The second-order valence-corrected chi connectivity index (χ2v) is 14.4. The Labute approximate surface area is 317 Å². The monoisotopic (exact) mass is 735 g/mol. The van der Waals surface area contributed by atoms with Crippen LogP contribution in [0.15, 0.2) is 24.3 Å². The topological polar surface area (TPSA) is 142 Å². The average molecular weight is 735 g/mol. The molecular formula is C43H78N2O7. The lowest BCUT2D eigenvalue weighted by Gasteiger charge is -2.18. The summed E-state index contributed by atoms with van der Waals surface area (Å²) in [6, 6.07) is -1.38. The maximum Gasteiger partial charge on any atom is 0.328 e. The Morgan fingerprint density at radius 2 is 1.04 bits per heavy atom. The van der Waals surface area contributed by atoms with Crippen LogP contribution in [0.2, 0.25) is 0 Å². The molecule has 0 aromatic rings. The van der Waals surface area contributed by atoms with E-state index in [0.29, 0.717) is 12.8 Å². The number of carboxylic acids is 1. The number of hydrogen-bond donors (Lipinski definition) is 4. The summed E-state index contributed by atoms with van der Waals surface area (Å²) in [5.41, 5.74) is 0. The molecule has 0 aromatic heterocycles. The first-order valence-corrected chi connectivity index (χ1v) is 21.2. The highest BCUT2D eigenvalue weighted by atomic mass is 16.5. The Morgan fingerprint density at radius 1 is 0.577 bits per heavy atom. The third-order valence-electron chi connectivity index (χ3n) is 9.45. The molecule has 9 heteroatoms. The number of nitrogens with one attached hydrogen (secondary N) is 2. The van der Waals surface area contributed by atoms with Crippen molar-refractivity contribution in [1.82, 2.24) is 10.6 Å². The molecule has 0 aliphatic rings. The van der Waals surface area contributed by atoms with Crippen molar-refractivity contribution < 1.29 is 34.1 Å². The van der Waals surface area contributed by atoms with Crippen molar-refractivity contribution in [2.75, 3.05) is 13.2 Å². The number of ether oxygens (including phenoxy) is 1. The van der Waals surface area contributed by atoms with Crippen LogP contribution in [0.4, 0.5) is 0 Å². The molecule has 2 amide bonds. The highest BCUT2D eigenvalue weighted by molar-refractivity contribution is 5.87. The Hall–Kier alpha value is -2.68. The van der Waals surface area contributed by atoms with Crippen molar-refractivity contribution in [1.29, 1.82) is 0 Å². The maximum absolute atomic E-state index is 12.6. The number of aliphatic hydroxyl groups is 1. The number of unbranched alkanes of at least 4 members (excludes halogenated alkanes) is 20. The van der Waals surface area contributed by atoms with E-state index in [1.807, 2.05) is 0 Å². The smallest absolute Gasteiger partial charge is 0.328 e. The van der Waals surface area contributed by atoms with Gasteiger partial charge in [-0.15, -0.1) is 0 Å². The fraction of sp³-hybridized carbons (Fsp3) is 0.814. The van der Waals surface area contributed by atoms with Crippen LogP contribution in [0.5, 0.6) is 0 Å². The van der Waals surface area contributed by atoms with Gasteiger partial charge in [0.15, 0.2) is 0 Å². The molecule has 0 aliphatic heterocycles. The molecule has 0 heterocycles. The van der Waals surface area contributed by atoms with Gasteiger partial charge in [-0.2, -0.15) is 0 Å². The van der Waals surface area contributed by atoms with Gasteiger partial charge in [0.05, 0.1) is 13.2 Å². The number of rotatable bonds is 38. The molecular weight excluding hydrogens is 656 g/mol. The lowest BCUT2D eigenvalue weighted by molar-refractivity contribution is -0.150. The second-order valence-electron chi connectivity index (χ2n) is 14.4. The second kappa shape index (κ2) is 38.1. The summed E-state index contributed by atoms with van der Waals surface area (Å²) in [6.07, 6.45) is 40.9. The van der Waals surface area contributed by atoms with Crippen LogP contribution in [0.1, 0.15) is 200 Å². The van der Waals surface area contributed by atoms with Gasteiger partial charge in [-0.05, 0) is 70.6 Å². The molecule has 0 aromatic carbocycles. The molecule has 0 rings (SSSR count). The standard InChI is InChI=1S/C43H78N2O7/c1-3-5-7-9-10-11-12-13-14-15-16-17-18-19-20-21-22-23-24-25-31-35-42(49)52-38(32-28-8-6-4-2)33-29-26-27-30-34-40(47)44-36-41(48)45-39(37-46)43(50)51/h12-13,15-16,38-39,46H,3-11,14,17-37H2,1-2H3,(H,44,47)(H,45,48)(H,50,51)/b13-12-,16-15-. The number of amides is 2. The maximum atomic E-state index is 12.6. The molecule has 9 nitrogen and oxygen atoms in total. The number of carbonyl (C=O) groups excluding carboxylic acids is 3. The van der Waals surface area contributed by atoms with Gasteiger partial charge in [0.1, 0.15) is 12.1 Å². The van der Waals surface area contributed by atoms with Gasteiger partial charge in [-0.3, -0.25) is 14.4 Å². The Morgan fingerprint density at radius 3 is 1.56 bits per heavy atom. The first-order valence-electron chi connectivity index (χ1n) is 21.2.